The van der Waals surface area contributed by atoms with E-state index in [4.69, 9.17) is 0 Å². The van der Waals surface area contributed by atoms with Crippen molar-refractivity contribution in [3.63, 3.8) is 0 Å². The summed E-state index contributed by atoms with van der Waals surface area (Å²) >= 11 is 0. The first-order chi connectivity index (χ1) is 11.6. The van der Waals surface area contributed by atoms with E-state index in [9.17, 15) is 0 Å². The number of nitrogens with one attached hydrogen (secondary N) is 1. The summed E-state index contributed by atoms with van der Waals surface area (Å²) in [6.45, 7) is 6.70. The molecule has 0 aliphatic carbocycles. The Balaban J connectivity index is 1.98. The fraction of sp³-hybridized carbons (Fsp3) is 0.400. The van der Waals surface area contributed by atoms with E-state index in [0.29, 0.717) is 5.92 Å². The van der Waals surface area contributed by atoms with Crippen molar-refractivity contribution in [3.05, 3.63) is 47.9 Å². The van der Waals surface area contributed by atoms with Crippen LogP contribution in [0.1, 0.15) is 37.8 Å². The van der Waals surface area contributed by atoms with Crippen LogP contribution >= 0.6 is 0 Å². The lowest BCUT2D eigenvalue weighted by atomic mass is 9.93. The molecule has 2 heterocycles. The second-order valence-corrected chi connectivity index (χ2v) is 6.56. The number of fused-ring (bicyclic) bond motifs is 1. The van der Waals surface area contributed by atoms with Gasteiger partial charge in [0.25, 0.3) is 0 Å². The summed E-state index contributed by atoms with van der Waals surface area (Å²) in [7, 11) is 2.02. The van der Waals surface area contributed by atoms with Gasteiger partial charge in [0.05, 0.1) is 5.52 Å². The molecule has 0 fully saturated rings. The van der Waals surface area contributed by atoms with Gasteiger partial charge in [0, 0.05) is 18.9 Å². The molecular formula is C20H26N4. The Hall–Kier alpha value is -2.36. The van der Waals surface area contributed by atoms with Crippen LogP contribution in [0.4, 0.5) is 11.5 Å². The first kappa shape index (κ1) is 16.5. The molecule has 0 bridgehead atoms. The normalized spacial score (nSPS) is 11.4. The lowest BCUT2D eigenvalue weighted by Gasteiger charge is -2.17. The van der Waals surface area contributed by atoms with Crippen LogP contribution < -0.4 is 5.32 Å². The Bertz CT molecular complexity index is 831. The van der Waals surface area contributed by atoms with Crippen LogP contribution in [0.15, 0.2) is 36.8 Å². The maximum atomic E-state index is 4.48. The lowest BCUT2D eigenvalue weighted by Crippen LogP contribution is -2.06. The van der Waals surface area contributed by atoms with Gasteiger partial charge < -0.3 is 9.88 Å². The van der Waals surface area contributed by atoms with Gasteiger partial charge in [-0.1, -0.05) is 44.4 Å². The van der Waals surface area contributed by atoms with E-state index in [0.717, 1.165) is 29.0 Å². The van der Waals surface area contributed by atoms with Crippen LogP contribution in [-0.4, -0.2) is 14.5 Å². The molecule has 2 aromatic heterocycles. The van der Waals surface area contributed by atoms with Gasteiger partial charge in [-0.05, 0) is 37.0 Å². The number of anilines is 2. The van der Waals surface area contributed by atoms with Crippen molar-refractivity contribution in [1.82, 2.24) is 14.5 Å². The quantitative estimate of drug-likeness (QED) is 0.694. The van der Waals surface area contributed by atoms with E-state index in [1.807, 2.05) is 19.3 Å². The zero-order valence-electron chi connectivity index (χ0n) is 15.0. The SMILES string of the molecule is CCC(CC)Cc1cc(C)ccc1Nc1ncnc2ccn(C)c12. The van der Waals surface area contributed by atoms with Gasteiger partial charge in [0.15, 0.2) is 5.82 Å². The standard InChI is InChI=1S/C20H26N4/c1-5-15(6-2)12-16-11-14(3)7-8-17(16)23-20-19-18(21-13-22-20)9-10-24(19)4/h7-11,13,15H,5-6,12H2,1-4H3,(H,21,22,23). The van der Waals surface area contributed by atoms with Gasteiger partial charge in [-0.15, -0.1) is 0 Å². The predicted molar refractivity (Wildman–Crippen MR) is 101 cm³/mol. The third-order valence-electron chi connectivity index (χ3n) is 4.84. The van der Waals surface area contributed by atoms with Crippen molar-refractivity contribution < 1.29 is 0 Å². The van der Waals surface area contributed by atoms with Crippen LogP contribution in [0.5, 0.6) is 0 Å². The van der Waals surface area contributed by atoms with E-state index in [1.54, 1.807) is 6.33 Å². The smallest absolute Gasteiger partial charge is 0.158 e. The molecule has 0 spiro atoms. The number of benzene rings is 1. The zero-order chi connectivity index (χ0) is 17.1. The van der Waals surface area contributed by atoms with E-state index < -0.39 is 0 Å². The molecule has 0 unspecified atom stereocenters. The van der Waals surface area contributed by atoms with E-state index >= 15 is 0 Å². The van der Waals surface area contributed by atoms with Crippen molar-refractivity contribution in [3.8, 4) is 0 Å². The molecular weight excluding hydrogens is 296 g/mol. The number of nitrogens with zero attached hydrogens (tertiary/aromatic N) is 3. The first-order valence-corrected chi connectivity index (χ1v) is 8.75. The van der Waals surface area contributed by atoms with E-state index in [-0.39, 0.29) is 0 Å². The number of hydrogen-bond donors (Lipinski definition) is 1. The minimum atomic E-state index is 0.716. The molecule has 0 aliphatic rings. The lowest BCUT2D eigenvalue weighted by molar-refractivity contribution is 0.491. The van der Waals surface area contributed by atoms with Gasteiger partial charge in [-0.2, -0.15) is 0 Å². The third kappa shape index (κ3) is 3.28. The summed E-state index contributed by atoms with van der Waals surface area (Å²) in [6.07, 6.45) is 7.15. The second kappa shape index (κ2) is 7.04. The average Bonchev–Trinajstić information content (AvgIpc) is 2.97. The molecule has 126 valence electrons. The number of aromatic nitrogens is 3. The number of hydrogen-bond acceptors (Lipinski definition) is 3. The Labute approximate surface area is 143 Å². The Morgan fingerprint density at radius 2 is 1.92 bits per heavy atom. The maximum absolute atomic E-state index is 4.48. The summed E-state index contributed by atoms with van der Waals surface area (Å²) in [5.74, 6) is 1.58. The Morgan fingerprint density at radius 3 is 2.67 bits per heavy atom. The first-order valence-electron chi connectivity index (χ1n) is 8.75. The molecule has 4 nitrogen and oxygen atoms in total. The summed E-state index contributed by atoms with van der Waals surface area (Å²) in [5.41, 5.74) is 5.81. The molecule has 0 aliphatic heterocycles. The van der Waals surface area contributed by atoms with Crippen molar-refractivity contribution >= 4 is 22.5 Å². The zero-order valence-corrected chi connectivity index (χ0v) is 15.0. The molecule has 24 heavy (non-hydrogen) atoms. The molecule has 3 rings (SSSR count). The molecule has 0 atom stereocenters. The van der Waals surface area contributed by atoms with Crippen LogP contribution in [0, 0.1) is 12.8 Å². The highest BCUT2D eigenvalue weighted by molar-refractivity contribution is 5.88. The summed E-state index contributed by atoms with van der Waals surface area (Å²) < 4.78 is 2.06. The highest BCUT2D eigenvalue weighted by atomic mass is 15.1. The molecule has 3 aromatic rings. The van der Waals surface area contributed by atoms with Gasteiger partial charge in [-0.25, -0.2) is 9.97 Å². The Morgan fingerprint density at radius 1 is 1.12 bits per heavy atom. The van der Waals surface area contributed by atoms with Gasteiger partial charge in [0.2, 0.25) is 0 Å². The third-order valence-corrected chi connectivity index (χ3v) is 4.84. The van der Waals surface area contributed by atoms with Crippen LogP contribution in [0.2, 0.25) is 0 Å². The van der Waals surface area contributed by atoms with Crippen molar-refractivity contribution in [2.24, 2.45) is 13.0 Å². The van der Waals surface area contributed by atoms with Crippen molar-refractivity contribution in [1.29, 1.82) is 0 Å². The highest BCUT2D eigenvalue weighted by Gasteiger charge is 2.12. The monoisotopic (exact) mass is 322 g/mol. The van der Waals surface area contributed by atoms with Crippen LogP contribution in [0.3, 0.4) is 0 Å². The molecule has 0 saturated heterocycles. The van der Waals surface area contributed by atoms with Crippen molar-refractivity contribution in [2.75, 3.05) is 5.32 Å². The number of rotatable bonds is 6. The Kier molecular flexibility index (Phi) is 4.84. The summed E-state index contributed by atoms with van der Waals surface area (Å²) in [4.78, 5) is 8.82. The van der Waals surface area contributed by atoms with E-state index in [2.05, 4.69) is 58.8 Å². The topological polar surface area (TPSA) is 42.7 Å². The summed E-state index contributed by atoms with van der Waals surface area (Å²) in [6, 6.07) is 8.64. The second-order valence-electron chi connectivity index (χ2n) is 6.56. The predicted octanol–water partition coefficient (Wildman–Crippen LogP) is 5.00. The maximum Gasteiger partial charge on any atom is 0.158 e. The average molecular weight is 322 g/mol. The molecule has 0 saturated carbocycles. The fourth-order valence-electron chi connectivity index (χ4n) is 3.24. The van der Waals surface area contributed by atoms with Crippen molar-refractivity contribution in [2.45, 2.75) is 40.0 Å². The molecule has 0 radical (unpaired) electrons. The molecule has 4 heteroatoms. The minimum absolute atomic E-state index is 0.716. The highest BCUT2D eigenvalue weighted by Crippen LogP contribution is 2.28. The fourth-order valence-corrected chi connectivity index (χ4v) is 3.24. The minimum Gasteiger partial charge on any atom is -0.346 e. The molecule has 1 N–H and O–H groups in total. The molecule has 0 amide bonds. The van der Waals surface area contributed by atoms with Gasteiger partial charge in [-0.3, -0.25) is 0 Å². The number of aryl methyl sites for hydroxylation is 2. The summed E-state index contributed by atoms with van der Waals surface area (Å²) in [5, 5.41) is 3.55. The van der Waals surface area contributed by atoms with Crippen LogP contribution in [0.25, 0.3) is 11.0 Å². The van der Waals surface area contributed by atoms with Gasteiger partial charge >= 0.3 is 0 Å². The van der Waals surface area contributed by atoms with E-state index in [1.165, 1.54) is 24.0 Å². The van der Waals surface area contributed by atoms with Gasteiger partial charge in [0.1, 0.15) is 11.8 Å². The largest absolute Gasteiger partial charge is 0.346 e. The van der Waals surface area contributed by atoms with Crippen LogP contribution in [-0.2, 0) is 13.5 Å². The molecule has 1 aromatic carbocycles.